The van der Waals surface area contributed by atoms with Crippen LogP contribution in [-0.2, 0) is 4.79 Å². The number of carbonyl (C=O) groups is 1. The van der Waals surface area contributed by atoms with Gasteiger partial charge in [0.15, 0.2) is 0 Å². The number of methoxy groups -OCH3 is 1. The minimum Gasteiger partial charge on any atom is -0.497 e. The Morgan fingerprint density at radius 1 is 0.968 bits per heavy atom. The standard InChI is InChI=1S/C26H33N3O2/c1-31-22-13-11-20(12-14-22)23-9-5-6-10-24(23)28-17-15-26(16-18-28)25(30)27-19-29(26)21-7-3-2-4-8-21/h2-4,7-8,11-14,23-24H,5-6,9-10,15-19H2,1H3,(H,27,30). The van der Waals surface area contributed by atoms with Crippen molar-refractivity contribution >= 4 is 11.6 Å². The zero-order valence-corrected chi connectivity index (χ0v) is 18.4. The molecule has 3 fully saturated rings. The van der Waals surface area contributed by atoms with Gasteiger partial charge in [0.05, 0.1) is 13.8 Å². The van der Waals surface area contributed by atoms with Gasteiger partial charge in [0.25, 0.3) is 0 Å². The quantitative estimate of drug-likeness (QED) is 0.809. The van der Waals surface area contributed by atoms with E-state index >= 15 is 0 Å². The van der Waals surface area contributed by atoms with Gasteiger partial charge in [-0.25, -0.2) is 0 Å². The van der Waals surface area contributed by atoms with E-state index in [0.717, 1.165) is 37.4 Å². The highest BCUT2D eigenvalue weighted by molar-refractivity contribution is 5.93. The van der Waals surface area contributed by atoms with Crippen LogP contribution in [0.4, 0.5) is 5.69 Å². The molecular weight excluding hydrogens is 386 g/mol. The number of amides is 1. The summed E-state index contributed by atoms with van der Waals surface area (Å²) in [6.45, 7) is 2.57. The fourth-order valence-corrected chi connectivity index (χ4v) is 6.05. The van der Waals surface area contributed by atoms with Gasteiger partial charge in [-0.1, -0.05) is 43.2 Å². The Kier molecular flexibility index (Phi) is 5.61. The summed E-state index contributed by atoms with van der Waals surface area (Å²) in [5.41, 5.74) is 2.17. The minimum atomic E-state index is -0.401. The van der Waals surface area contributed by atoms with Crippen molar-refractivity contribution in [2.45, 2.75) is 56.0 Å². The largest absolute Gasteiger partial charge is 0.497 e. The van der Waals surface area contributed by atoms with Crippen LogP contribution in [0.15, 0.2) is 54.6 Å². The summed E-state index contributed by atoms with van der Waals surface area (Å²) in [5, 5.41) is 3.13. The van der Waals surface area contributed by atoms with E-state index in [1.165, 1.54) is 31.2 Å². The fourth-order valence-electron chi connectivity index (χ4n) is 6.05. The molecule has 0 aromatic heterocycles. The Bertz CT molecular complexity index is 891. The summed E-state index contributed by atoms with van der Waals surface area (Å²) in [7, 11) is 1.72. The second-order valence-electron chi connectivity index (χ2n) is 9.23. The van der Waals surface area contributed by atoms with Gasteiger partial charge < -0.3 is 15.0 Å². The van der Waals surface area contributed by atoms with Crippen LogP contribution in [0.5, 0.6) is 5.75 Å². The van der Waals surface area contributed by atoms with Crippen LogP contribution in [0.25, 0.3) is 0 Å². The van der Waals surface area contributed by atoms with Crippen molar-refractivity contribution in [2.24, 2.45) is 0 Å². The van der Waals surface area contributed by atoms with Crippen LogP contribution in [0.1, 0.15) is 50.0 Å². The summed E-state index contributed by atoms with van der Waals surface area (Å²) in [4.78, 5) is 18.0. The third-order valence-electron chi connectivity index (χ3n) is 7.77. The minimum absolute atomic E-state index is 0.200. The van der Waals surface area contributed by atoms with E-state index < -0.39 is 5.54 Å². The summed E-state index contributed by atoms with van der Waals surface area (Å²) in [6, 6.07) is 19.6. The number of likely N-dealkylation sites (tertiary alicyclic amines) is 1. The Hall–Kier alpha value is -2.53. The van der Waals surface area contributed by atoms with Crippen molar-refractivity contribution in [3.05, 3.63) is 60.2 Å². The zero-order valence-electron chi connectivity index (χ0n) is 18.4. The van der Waals surface area contributed by atoms with E-state index in [1.807, 2.05) is 6.07 Å². The van der Waals surface area contributed by atoms with Crippen LogP contribution < -0.4 is 15.0 Å². The molecule has 1 amide bonds. The van der Waals surface area contributed by atoms with Crippen molar-refractivity contribution in [1.82, 2.24) is 10.2 Å². The number of nitrogens with one attached hydrogen (secondary N) is 1. The number of nitrogens with zero attached hydrogens (tertiary/aromatic N) is 2. The summed E-state index contributed by atoms with van der Waals surface area (Å²) < 4.78 is 5.36. The van der Waals surface area contributed by atoms with Crippen LogP contribution in [0, 0.1) is 0 Å². The lowest BCUT2D eigenvalue weighted by molar-refractivity contribution is -0.125. The first-order valence-electron chi connectivity index (χ1n) is 11.7. The van der Waals surface area contributed by atoms with E-state index in [4.69, 9.17) is 4.74 Å². The molecule has 1 saturated carbocycles. The lowest BCUT2D eigenvalue weighted by atomic mass is 9.77. The molecule has 2 heterocycles. The second kappa shape index (κ2) is 8.54. The first-order valence-corrected chi connectivity index (χ1v) is 11.7. The molecule has 3 aliphatic rings. The van der Waals surface area contributed by atoms with E-state index in [2.05, 4.69) is 63.6 Å². The molecule has 2 saturated heterocycles. The first kappa shape index (κ1) is 20.4. The number of hydrogen-bond acceptors (Lipinski definition) is 4. The highest BCUT2D eigenvalue weighted by Crippen LogP contribution is 2.41. The molecule has 1 aliphatic carbocycles. The van der Waals surface area contributed by atoms with E-state index in [9.17, 15) is 4.79 Å². The molecule has 0 bridgehead atoms. The Balaban J connectivity index is 1.33. The SMILES string of the molecule is COc1ccc(C2CCCCC2N2CCC3(CC2)C(=O)NCN3c2ccccc2)cc1. The van der Waals surface area contributed by atoms with Crippen molar-refractivity contribution in [1.29, 1.82) is 0 Å². The maximum absolute atomic E-state index is 13.0. The molecule has 164 valence electrons. The third kappa shape index (κ3) is 3.69. The number of hydrogen-bond donors (Lipinski definition) is 1. The maximum atomic E-state index is 13.0. The van der Waals surface area contributed by atoms with Gasteiger partial charge in [-0.15, -0.1) is 0 Å². The number of carbonyl (C=O) groups excluding carboxylic acids is 1. The second-order valence-corrected chi connectivity index (χ2v) is 9.23. The number of piperidine rings is 1. The molecule has 5 nitrogen and oxygen atoms in total. The number of rotatable bonds is 4. The third-order valence-corrected chi connectivity index (χ3v) is 7.77. The van der Waals surface area contributed by atoms with Crippen LogP contribution >= 0.6 is 0 Å². The average Bonchev–Trinajstić information content (AvgIpc) is 3.15. The molecule has 2 aromatic rings. The van der Waals surface area contributed by atoms with Crippen molar-refractivity contribution in [3.63, 3.8) is 0 Å². The molecule has 5 rings (SSSR count). The van der Waals surface area contributed by atoms with Gasteiger partial charge in [0.2, 0.25) is 5.91 Å². The lowest BCUT2D eigenvalue weighted by Gasteiger charge is -2.48. The van der Waals surface area contributed by atoms with Crippen LogP contribution in [0.3, 0.4) is 0 Å². The molecule has 5 heteroatoms. The maximum Gasteiger partial charge on any atom is 0.247 e. The highest BCUT2D eigenvalue weighted by Gasteiger charge is 2.51. The summed E-state index contributed by atoms with van der Waals surface area (Å²) >= 11 is 0. The zero-order chi connectivity index (χ0) is 21.3. The van der Waals surface area contributed by atoms with Gasteiger partial charge >= 0.3 is 0 Å². The van der Waals surface area contributed by atoms with Crippen molar-refractivity contribution < 1.29 is 9.53 Å². The van der Waals surface area contributed by atoms with Gasteiger partial charge in [0, 0.05) is 24.8 Å². The van der Waals surface area contributed by atoms with Gasteiger partial charge in [0.1, 0.15) is 11.3 Å². The van der Waals surface area contributed by atoms with E-state index in [1.54, 1.807) is 7.11 Å². The summed E-state index contributed by atoms with van der Waals surface area (Å²) in [5.74, 6) is 1.69. The highest BCUT2D eigenvalue weighted by atomic mass is 16.5. The molecule has 2 atom stereocenters. The molecule has 1 N–H and O–H groups in total. The predicted octanol–water partition coefficient (Wildman–Crippen LogP) is 4.15. The topological polar surface area (TPSA) is 44.8 Å². The van der Waals surface area contributed by atoms with Crippen molar-refractivity contribution in [3.8, 4) is 5.75 Å². The Morgan fingerprint density at radius 2 is 1.68 bits per heavy atom. The molecule has 2 unspecified atom stereocenters. The molecule has 1 spiro atoms. The monoisotopic (exact) mass is 419 g/mol. The van der Waals surface area contributed by atoms with Gasteiger partial charge in [-0.2, -0.15) is 0 Å². The van der Waals surface area contributed by atoms with Crippen LogP contribution in [-0.4, -0.2) is 49.3 Å². The predicted molar refractivity (Wildman–Crippen MR) is 123 cm³/mol. The number of para-hydroxylation sites is 1. The fraction of sp³-hybridized carbons (Fsp3) is 0.500. The Morgan fingerprint density at radius 3 is 2.39 bits per heavy atom. The smallest absolute Gasteiger partial charge is 0.247 e. The molecule has 0 radical (unpaired) electrons. The van der Waals surface area contributed by atoms with Crippen molar-refractivity contribution in [2.75, 3.05) is 31.8 Å². The molecule has 31 heavy (non-hydrogen) atoms. The van der Waals surface area contributed by atoms with Crippen LogP contribution in [0.2, 0.25) is 0 Å². The van der Waals surface area contributed by atoms with Gasteiger partial charge in [-0.05, 0) is 61.4 Å². The summed E-state index contributed by atoms with van der Waals surface area (Å²) in [6.07, 6.45) is 6.87. The molecular formula is C26H33N3O2. The Labute approximate surface area is 185 Å². The average molecular weight is 420 g/mol. The van der Waals surface area contributed by atoms with E-state index in [0.29, 0.717) is 18.6 Å². The normalized spacial score (nSPS) is 26.1. The lowest BCUT2D eigenvalue weighted by Crippen LogP contribution is -2.58. The van der Waals surface area contributed by atoms with Gasteiger partial charge in [-0.3, -0.25) is 9.69 Å². The number of anilines is 1. The number of benzene rings is 2. The van der Waals surface area contributed by atoms with E-state index in [-0.39, 0.29) is 5.91 Å². The molecule has 2 aliphatic heterocycles. The molecule has 2 aromatic carbocycles. The first-order chi connectivity index (χ1) is 15.2. The number of ether oxygens (including phenoxy) is 1.